The van der Waals surface area contributed by atoms with Crippen molar-refractivity contribution in [2.45, 2.75) is 0 Å². The van der Waals surface area contributed by atoms with Crippen molar-refractivity contribution in [1.29, 1.82) is 0 Å². The molecule has 0 fully saturated rings. The highest BCUT2D eigenvalue weighted by Gasteiger charge is 2.01. The van der Waals surface area contributed by atoms with Gasteiger partial charge >= 0.3 is 0 Å². The third kappa shape index (κ3) is 1.54. The van der Waals surface area contributed by atoms with Crippen LogP contribution in [0.2, 0.25) is 0 Å². The molecule has 0 aliphatic carbocycles. The van der Waals surface area contributed by atoms with Crippen molar-refractivity contribution in [2.24, 2.45) is 0 Å². The Morgan fingerprint density at radius 2 is 2.00 bits per heavy atom. The maximum Gasteiger partial charge on any atom is 0.162 e. The molecule has 1 heterocycles. The van der Waals surface area contributed by atoms with Gasteiger partial charge in [0, 0.05) is 11.8 Å². The molecule has 2 nitrogen and oxygen atoms in total. The first-order valence-corrected chi connectivity index (χ1v) is 3.15. The second-order valence-electron chi connectivity index (χ2n) is 2.09. The van der Waals surface area contributed by atoms with Crippen molar-refractivity contribution in [3.05, 3.63) is 36.0 Å². The summed E-state index contributed by atoms with van der Waals surface area (Å²) in [6, 6.07) is 7.86. The molecular weight excluding hydrogens is 206 g/mol. The molecule has 0 aromatic heterocycles. The lowest BCUT2D eigenvalue weighted by molar-refractivity contribution is 0.239. The molecule has 0 spiro atoms. The van der Waals surface area contributed by atoms with Crippen LogP contribution in [0, 0.1) is 0 Å². The Hall–Kier alpha value is -0.960. The van der Waals surface area contributed by atoms with E-state index in [1.165, 1.54) is 0 Å². The van der Waals surface area contributed by atoms with Gasteiger partial charge in [-0.3, -0.25) is 0 Å². The average Bonchev–Trinajstić information content (AvgIpc) is 2.05. The molecule has 1 N–H and O–H groups in total. The Kier molecular flexibility index (Phi) is 2.54. The minimum Gasteiger partial charge on any atom is -0.382 e. The Balaban J connectivity index is 0.000000605. The largest absolute Gasteiger partial charge is 0.382 e. The van der Waals surface area contributed by atoms with Crippen LogP contribution in [-0.4, -0.2) is 0 Å². The minimum atomic E-state index is 0. The molecule has 0 amide bonds. The molecule has 0 radical (unpaired) electrons. The van der Waals surface area contributed by atoms with Crippen molar-refractivity contribution in [1.82, 2.24) is 5.48 Å². The van der Waals surface area contributed by atoms with E-state index in [-0.39, 0.29) is 17.0 Å². The van der Waals surface area contributed by atoms with Gasteiger partial charge in [-0.25, -0.2) is 5.48 Å². The quantitative estimate of drug-likeness (QED) is 0.714. The summed E-state index contributed by atoms with van der Waals surface area (Å²) in [6.45, 7) is 0. The molecule has 1 aromatic carbocycles. The van der Waals surface area contributed by atoms with Crippen LogP contribution < -0.4 is 10.3 Å². The number of hydrogen-bond acceptors (Lipinski definition) is 2. The van der Waals surface area contributed by atoms with Gasteiger partial charge in [-0.2, -0.15) is 0 Å². The summed E-state index contributed by atoms with van der Waals surface area (Å²) in [4.78, 5) is 5.09. The second-order valence-corrected chi connectivity index (χ2v) is 2.09. The van der Waals surface area contributed by atoms with E-state index in [4.69, 9.17) is 4.84 Å². The van der Waals surface area contributed by atoms with Crippen LogP contribution in [0.25, 0.3) is 6.08 Å². The fourth-order valence-electron chi connectivity index (χ4n) is 0.932. The predicted molar refractivity (Wildman–Crippen MR) is 49.6 cm³/mol. The van der Waals surface area contributed by atoms with Crippen LogP contribution >= 0.6 is 17.0 Å². The molecule has 3 heteroatoms. The third-order valence-corrected chi connectivity index (χ3v) is 1.42. The molecule has 1 aliphatic heterocycles. The minimum absolute atomic E-state index is 0. The van der Waals surface area contributed by atoms with Gasteiger partial charge in [0.2, 0.25) is 0 Å². The smallest absolute Gasteiger partial charge is 0.162 e. The lowest BCUT2D eigenvalue weighted by Gasteiger charge is -2.11. The molecular formula is C8H8BrNO. The molecule has 11 heavy (non-hydrogen) atoms. The van der Waals surface area contributed by atoms with Gasteiger partial charge in [0.1, 0.15) is 0 Å². The van der Waals surface area contributed by atoms with E-state index in [1.807, 2.05) is 30.3 Å². The van der Waals surface area contributed by atoms with Crippen molar-refractivity contribution < 1.29 is 4.84 Å². The number of halogens is 1. The van der Waals surface area contributed by atoms with Gasteiger partial charge < -0.3 is 4.84 Å². The highest BCUT2D eigenvalue weighted by Crippen LogP contribution is 2.20. The van der Waals surface area contributed by atoms with Crippen LogP contribution in [0.1, 0.15) is 5.56 Å². The summed E-state index contributed by atoms with van der Waals surface area (Å²) in [5, 5.41) is 0. The highest BCUT2D eigenvalue weighted by atomic mass is 79.9. The summed E-state index contributed by atoms with van der Waals surface area (Å²) < 4.78 is 0. The summed E-state index contributed by atoms with van der Waals surface area (Å²) in [7, 11) is 0. The second kappa shape index (κ2) is 3.44. The van der Waals surface area contributed by atoms with Crippen LogP contribution in [0.3, 0.4) is 0 Å². The van der Waals surface area contributed by atoms with Crippen molar-refractivity contribution >= 4 is 23.1 Å². The fraction of sp³-hybridized carbons (Fsp3) is 0. The van der Waals surface area contributed by atoms with Gasteiger partial charge in [-0.1, -0.05) is 18.2 Å². The van der Waals surface area contributed by atoms with Crippen molar-refractivity contribution in [3.8, 4) is 5.75 Å². The lowest BCUT2D eigenvalue weighted by atomic mass is 10.2. The number of nitrogens with one attached hydrogen (secondary N) is 1. The van der Waals surface area contributed by atoms with Gasteiger partial charge in [-0.05, 0) is 12.1 Å². The zero-order valence-electron chi connectivity index (χ0n) is 5.78. The van der Waals surface area contributed by atoms with Crippen LogP contribution in [-0.2, 0) is 0 Å². The van der Waals surface area contributed by atoms with Crippen LogP contribution in [0.4, 0.5) is 0 Å². The molecule has 0 unspecified atom stereocenters. The number of rotatable bonds is 0. The Bertz CT molecular complexity index is 273. The van der Waals surface area contributed by atoms with E-state index < -0.39 is 0 Å². The van der Waals surface area contributed by atoms with E-state index in [0.717, 1.165) is 11.3 Å². The molecule has 2 rings (SSSR count). The zero-order chi connectivity index (χ0) is 6.81. The third-order valence-electron chi connectivity index (χ3n) is 1.42. The first-order valence-electron chi connectivity index (χ1n) is 3.15. The fourth-order valence-corrected chi connectivity index (χ4v) is 0.932. The zero-order valence-corrected chi connectivity index (χ0v) is 7.49. The van der Waals surface area contributed by atoms with E-state index in [9.17, 15) is 0 Å². The molecule has 0 bridgehead atoms. The molecule has 1 aromatic rings. The maximum absolute atomic E-state index is 5.09. The average molecular weight is 214 g/mol. The van der Waals surface area contributed by atoms with Crippen LogP contribution in [0.5, 0.6) is 5.75 Å². The SMILES string of the molecule is Br.C1=Cc2ccccc2ON1. The predicted octanol–water partition coefficient (Wildman–Crippen LogP) is 2.13. The van der Waals surface area contributed by atoms with Crippen LogP contribution in [0.15, 0.2) is 30.5 Å². The summed E-state index contributed by atoms with van der Waals surface area (Å²) in [5.74, 6) is 0.880. The van der Waals surface area contributed by atoms with E-state index >= 15 is 0 Å². The number of hydrogen-bond donors (Lipinski definition) is 1. The van der Waals surface area contributed by atoms with E-state index in [1.54, 1.807) is 6.20 Å². The van der Waals surface area contributed by atoms with E-state index in [2.05, 4.69) is 5.48 Å². The molecule has 0 saturated carbocycles. The number of benzene rings is 1. The van der Waals surface area contributed by atoms with E-state index in [0.29, 0.717) is 0 Å². The number of fused-ring (bicyclic) bond motifs is 1. The number of hydroxylamine groups is 1. The maximum atomic E-state index is 5.09. The molecule has 58 valence electrons. The van der Waals surface area contributed by atoms with Crippen molar-refractivity contribution in [3.63, 3.8) is 0 Å². The summed E-state index contributed by atoms with van der Waals surface area (Å²) in [6.07, 6.45) is 3.74. The van der Waals surface area contributed by atoms with Crippen molar-refractivity contribution in [2.75, 3.05) is 0 Å². The van der Waals surface area contributed by atoms with Gasteiger partial charge in [0.05, 0.1) is 0 Å². The normalized spacial score (nSPS) is 12.0. The standard InChI is InChI=1S/C8H7NO.BrH/c1-2-4-8-7(3-1)5-6-9-10-8;/h1-6,9H;1H. The Morgan fingerprint density at radius 1 is 1.18 bits per heavy atom. The lowest BCUT2D eigenvalue weighted by Crippen LogP contribution is -2.13. The molecule has 0 saturated heterocycles. The van der Waals surface area contributed by atoms with Gasteiger partial charge in [0.15, 0.2) is 5.75 Å². The Morgan fingerprint density at radius 3 is 2.82 bits per heavy atom. The summed E-state index contributed by atoms with van der Waals surface area (Å²) >= 11 is 0. The summed E-state index contributed by atoms with van der Waals surface area (Å²) in [5.41, 5.74) is 3.77. The van der Waals surface area contributed by atoms with Gasteiger partial charge in [0.25, 0.3) is 0 Å². The first-order chi connectivity index (χ1) is 4.97. The Labute approximate surface area is 75.6 Å². The molecule has 0 atom stereocenters. The first kappa shape index (κ1) is 8.14. The monoisotopic (exact) mass is 213 g/mol. The van der Waals surface area contributed by atoms with Gasteiger partial charge in [-0.15, -0.1) is 17.0 Å². The number of para-hydroxylation sites is 1. The topological polar surface area (TPSA) is 21.3 Å². The molecule has 1 aliphatic rings. The highest BCUT2D eigenvalue weighted by molar-refractivity contribution is 8.93.